The fourth-order valence-corrected chi connectivity index (χ4v) is 2.46. The van der Waals surface area contributed by atoms with Crippen LogP contribution >= 0.6 is 0 Å². The van der Waals surface area contributed by atoms with Gasteiger partial charge in [-0.3, -0.25) is 14.9 Å². The molecule has 23 heavy (non-hydrogen) atoms. The van der Waals surface area contributed by atoms with Crippen LogP contribution in [-0.4, -0.2) is 29.0 Å². The Morgan fingerprint density at radius 1 is 1.13 bits per heavy atom. The standard InChI is InChI=1S/C17H17N3O3/c1-11-16(12-5-4-8-18-10-12)19-20(17(11)21)13-6-7-14(22-2)15(9-13)23-3/h4-10,19H,1-3H3. The molecule has 1 N–H and O–H groups in total. The second-order valence-electron chi connectivity index (χ2n) is 5.03. The van der Waals surface area contributed by atoms with Crippen molar-refractivity contribution in [1.29, 1.82) is 0 Å². The summed E-state index contributed by atoms with van der Waals surface area (Å²) in [5, 5.41) is 3.14. The Bertz CT molecular complexity index is 882. The summed E-state index contributed by atoms with van der Waals surface area (Å²) in [6.07, 6.45) is 3.42. The molecular weight excluding hydrogens is 294 g/mol. The van der Waals surface area contributed by atoms with Gasteiger partial charge in [0.25, 0.3) is 5.56 Å². The normalized spacial score (nSPS) is 10.6. The average Bonchev–Trinajstić information content (AvgIpc) is 2.90. The molecule has 0 spiro atoms. The largest absolute Gasteiger partial charge is 0.493 e. The van der Waals surface area contributed by atoms with Gasteiger partial charge in [0.2, 0.25) is 0 Å². The Balaban J connectivity index is 2.13. The molecule has 0 fully saturated rings. The minimum absolute atomic E-state index is 0.115. The van der Waals surface area contributed by atoms with Crippen LogP contribution in [-0.2, 0) is 0 Å². The number of benzene rings is 1. The molecule has 0 saturated carbocycles. The molecule has 0 atom stereocenters. The highest BCUT2D eigenvalue weighted by atomic mass is 16.5. The van der Waals surface area contributed by atoms with Gasteiger partial charge in [0.15, 0.2) is 11.5 Å². The van der Waals surface area contributed by atoms with Crippen LogP contribution in [0.15, 0.2) is 47.5 Å². The zero-order chi connectivity index (χ0) is 16.4. The van der Waals surface area contributed by atoms with Crippen molar-refractivity contribution in [3.63, 3.8) is 0 Å². The number of hydrogen-bond donors (Lipinski definition) is 1. The van der Waals surface area contributed by atoms with E-state index in [0.717, 1.165) is 11.3 Å². The predicted octanol–water partition coefficient (Wildman–Crippen LogP) is 2.55. The third-order valence-corrected chi connectivity index (χ3v) is 3.70. The maximum absolute atomic E-state index is 12.6. The van der Waals surface area contributed by atoms with Gasteiger partial charge in [-0.2, -0.15) is 0 Å². The van der Waals surface area contributed by atoms with Crippen LogP contribution in [0.2, 0.25) is 0 Å². The quantitative estimate of drug-likeness (QED) is 0.804. The average molecular weight is 311 g/mol. The van der Waals surface area contributed by atoms with E-state index in [0.29, 0.717) is 22.7 Å². The lowest BCUT2D eigenvalue weighted by Crippen LogP contribution is -2.15. The van der Waals surface area contributed by atoms with Crippen molar-refractivity contribution < 1.29 is 9.47 Å². The molecule has 2 heterocycles. The topological polar surface area (TPSA) is 69.1 Å². The van der Waals surface area contributed by atoms with E-state index in [4.69, 9.17) is 9.47 Å². The predicted molar refractivity (Wildman–Crippen MR) is 87.5 cm³/mol. The Hall–Kier alpha value is -3.02. The maximum Gasteiger partial charge on any atom is 0.274 e. The minimum atomic E-state index is -0.115. The highest BCUT2D eigenvalue weighted by molar-refractivity contribution is 5.62. The first-order chi connectivity index (χ1) is 11.2. The van der Waals surface area contributed by atoms with Crippen molar-refractivity contribution in [2.24, 2.45) is 0 Å². The number of aromatic amines is 1. The molecule has 3 rings (SSSR count). The van der Waals surface area contributed by atoms with E-state index in [1.165, 1.54) is 4.68 Å². The molecule has 118 valence electrons. The lowest BCUT2D eigenvalue weighted by molar-refractivity contribution is 0.354. The maximum atomic E-state index is 12.6. The molecule has 0 aliphatic heterocycles. The van der Waals surface area contributed by atoms with E-state index < -0.39 is 0 Å². The van der Waals surface area contributed by atoms with Gasteiger partial charge < -0.3 is 9.47 Å². The Kier molecular flexibility index (Phi) is 3.89. The second kappa shape index (κ2) is 6.00. The van der Waals surface area contributed by atoms with Gasteiger partial charge in [0, 0.05) is 29.6 Å². The van der Waals surface area contributed by atoms with Gasteiger partial charge in [-0.15, -0.1) is 0 Å². The van der Waals surface area contributed by atoms with Gasteiger partial charge >= 0.3 is 0 Å². The summed E-state index contributed by atoms with van der Waals surface area (Å²) in [5.41, 5.74) is 2.80. The van der Waals surface area contributed by atoms with Crippen LogP contribution in [0.4, 0.5) is 0 Å². The van der Waals surface area contributed by atoms with Crippen LogP contribution < -0.4 is 15.0 Å². The van der Waals surface area contributed by atoms with Crippen LogP contribution in [0.5, 0.6) is 11.5 Å². The van der Waals surface area contributed by atoms with Crippen LogP contribution in [0, 0.1) is 6.92 Å². The van der Waals surface area contributed by atoms with E-state index in [-0.39, 0.29) is 5.56 Å². The van der Waals surface area contributed by atoms with Gasteiger partial charge in [-0.1, -0.05) is 0 Å². The number of hydrogen-bond acceptors (Lipinski definition) is 4. The summed E-state index contributed by atoms with van der Waals surface area (Å²) in [4.78, 5) is 16.7. The van der Waals surface area contributed by atoms with E-state index in [1.807, 2.05) is 12.1 Å². The Morgan fingerprint density at radius 3 is 2.57 bits per heavy atom. The third kappa shape index (κ3) is 2.59. The third-order valence-electron chi connectivity index (χ3n) is 3.70. The van der Waals surface area contributed by atoms with E-state index >= 15 is 0 Å². The Morgan fingerprint density at radius 2 is 1.91 bits per heavy atom. The molecule has 2 aromatic heterocycles. The molecule has 0 saturated heterocycles. The van der Waals surface area contributed by atoms with Gasteiger partial charge in [-0.25, -0.2) is 4.68 Å². The van der Waals surface area contributed by atoms with E-state index in [1.54, 1.807) is 51.7 Å². The van der Waals surface area contributed by atoms with Crippen molar-refractivity contribution in [1.82, 2.24) is 14.8 Å². The van der Waals surface area contributed by atoms with Crippen molar-refractivity contribution in [2.45, 2.75) is 6.92 Å². The highest BCUT2D eigenvalue weighted by Gasteiger charge is 2.14. The zero-order valence-electron chi connectivity index (χ0n) is 13.2. The lowest BCUT2D eigenvalue weighted by atomic mass is 10.1. The number of pyridine rings is 1. The molecule has 3 aromatic rings. The zero-order valence-corrected chi connectivity index (χ0v) is 13.2. The highest BCUT2D eigenvalue weighted by Crippen LogP contribution is 2.29. The van der Waals surface area contributed by atoms with Crippen molar-refractivity contribution in [3.8, 4) is 28.4 Å². The first kappa shape index (κ1) is 14.9. The number of H-pyrrole nitrogens is 1. The number of ether oxygens (including phenoxy) is 2. The van der Waals surface area contributed by atoms with Gasteiger partial charge in [0.1, 0.15) is 0 Å². The first-order valence-electron chi connectivity index (χ1n) is 7.10. The number of aromatic nitrogens is 3. The SMILES string of the molecule is COc1ccc(-n2[nH]c(-c3cccnc3)c(C)c2=O)cc1OC. The molecule has 6 heteroatoms. The monoisotopic (exact) mass is 311 g/mol. The van der Waals surface area contributed by atoms with Gasteiger partial charge in [0.05, 0.1) is 25.6 Å². The van der Waals surface area contributed by atoms with E-state index in [9.17, 15) is 4.79 Å². The molecule has 6 nitrogen and oxygen atoms in total. The summed E-state index contributed by atoms with van der Waals surface area (Å²) in [6.45, 7) is 1.79. The molecule has 1 aromatic carbocycles. The van der Waals surface area contributed by atoms with Crippen LogP contribution in [0.1, 0.15) is 5.56 Å². The summed E-state index contributed by atoms with van der Waals surface area (Å²) in [6, 6.07) is 9.06. The van der Waals surface area contributed by atoms with Crippen LogP contribution in [0.25, 0.3) is 16.9 Å². The summed E-state index contributed by atoms with van der Waals surface area (Å²) in [7, 11) is 3.13. The minimum Gasteiger partial charge on any atom is -0.493 e. The van der Waals surface area contributed by atoms with Crippen LogP contribution in [0.3, 0.4) is 0 Å². The summed E-state index contributed by atoms with van der Waals surface area (Å²) in [5.74, 6) is 1.17. The second-order valence-corrected chi connectivity index (χ2v) is 5.03. The summed E-state index contributed by atoms with van der Waals surface area (Å²) < 4.78 is 12.0. The van der Waals surface area contributed by atoms with Crippen molar-refractivity contribution in [2.75, 3.05) is 14.2 Å². The number of nitrogens with one attached hydrogen (secondary N) is 1. The fourth-order valence-electron chi connectivity index (χ4n) is 2.46. The molecule has 0 unspecified atom stereocenters. The molecule has 0 bridgehead atoms. The molecule has 0 aliphatic rings. The molecular formula is C17H17N3O3. The number of methoxy groups -OCH3 is 2. The van der Waals surface area contributed by atoms with Gasteiger partial charge in [-0.05, 0) is 31.2 Å². The Labute approximate surface area is 133 Å². The van der Waals surface area contributed by atoms with Crippen molar-refractivity contribution in [3.05, 3.63) is 58.6 Å². The lowest BCUT2D eigenvalue weighted by Gasteiger charge is -2.09. The molecule has 0 radical (unpaired) electrons. The molecule has 0 aliphatic carbocycles. The smallest absolute Gasteiger partial charge is 0.274 e. The molecule has 0 amide bonds. The number of rotatable bonds is 4. The van der Waals surface area contributed by atoms with Crippen molar-refractivity contribution >= 4 is 0 Å². The van der Waals surface area contributed by atoms with E-state index in [2.05, 4.69) is 10.1 Å². The number of nitrogens with zero attached hydrogens (tertiary/aromatic N) is 2. The summed E-state index contributed by atoms with van der Waals surface area (Å²) >= 11 is 0. The fraction of sp³-hybridized carbons (Fsp3) is 0.176. The first-order valence-corrected chi connectivity index (χ1v) is 7.10.